The third-order valence-corrected chi connectivity index (χ3v) is 4.46. The Hall–Kier alpha value is -2.69. The quantitative estimate of drug-likeness (QED) is 0.777. The summed E-state index contributed by atoms with van der Waals surface area (Å²) in [4.78, 5) is 12.7. The highest BCUT2D eigenvalue weighted by molar-refractivity contribution is 5.79. The first-order chi connectivity index (χ1) is 12.0. The highest BCUT2D eigenvalue weighted by atomic mass is 16.1. The summed E-state index contributed by atoms with van der Waals surface area (Å²) < 4.78 is 1.93. The monoisotopic (exact) mass is 336 g/mol. The van der Waals surface area contributed by atoms with Gasteiger partial charge in [-0.1, -0.05) is 43.7 Å². The van der Waals surface area contributed by atoms with E-state index in [2.05, 4.69) is 47.6 Å². The maximum absolute atomic E-state index is 12.7. The van der Waals surface area contributed by atoms with Crippen LogP contribution in [-0.2, 0) is 11.2 Å². The van der Waals surface area contributed by atoms with Crippen LogP contribution in [0, 0.1) is 19.8 Å². The zero-order valence-corrected chi connectivity index (χ0v) is 15.2. The SMILES string of the molecule is Cc1ccc(C)c(CC(=O)NC(c2nnc3ccccn23)C(C)C)c1. The minimum absolute atomic E-state index is 0.0000751. The predicted molar refractivity (Wildman–Crippen MR) is 98.3 cm³/mol. The summed E-state index contributed by atoms with van der Waals surface area (Å²) in [5, 5.41) is 11.7. The molecule has 1 amide bonds. The van der Waals surface area contributed by atoms with E-state index in [9.17, 15) is 4.79 Å². The molecule has 0 saturated heterocycles. The molecule has 3 rings (SSSR count). The van der Waals surface area contributed by atoms with Crippen LogP contribution < -0.4 is 5.32 Å². The molecule has 1 aromatic carbocycles. The Balaban J connectivity index is 1.82. The molecule has 3 aromatic rings. The second-order valence-corrected chi connectivity index (χ2v) is 6.88. The van der Waals surface area contributed by atoms with Crippen molar-refractivity contribution in [2.24, 2.45) is 5.92 Å². The van der Waals surface area contributed by atoms with Crippen molar-refractivity contribution in [3.63, 3.8) is 0 Å². The number of aryl methyl sites for hydroxylation is 2. The normalized spacial score (nSPS) is 12.5. The summed E-state index contributed by atoms with van der Waals surface area (Å²) in [7, 11) is 0. The van der Waals surface area contributed by atoms with Gasteiger partial charge in [0.05, 0.1) is 12.5 Å². The first-order valence-electron chi connectivity index (χ1n) is 8.61. The molecule has 5 nitrogen and oxygen atoms in total. The van der Waals surface area contributed by atoms with Gasteiger partial charge in [0.1, 0.15) is 0 Å². The number of carbonyl (C=O) groups excluding carboxylic acids is 1. The first-order valence-corrected chi connectivity index (χ1v) is 8.61. The summed E-state index contributed by atoms with van der Waals surface area (Å²) in [6, 6.07) is 11.8. The summed E-state index contributed by atoms with van der Waals surface area (Å²) >= 11 is 0. The van der Waals surface area contributed by atoms with Gasteiger partial charge in [0.25, 0.3) is 0 Å². The zero-order chi connectivity index (χ0) is 18.0. The molecule has 25 heavy (non-hydrogen) atoms. The van der Waals surface area contributed by atoms with Crippen LogP contribution in [-0.4, -0.2) is 20.5 Å². The number of nitrogens with zero attached hydrogens (tertiary/aromatic N) is 3. The molecular formula is C20H24N4O. The van der Waals surface area contributed by atoms with Crippen molar-refractivity contribution in [2.45, 2.75) is 40.2 Å². The largest absolute Gasteiger partial charge is 0.346 e. The summed E-state index contributed by atoms with van der Waals surface area (Å²) in [6.45, 7) is 8.23. The second kappa shape index (κ2) is 7.05. The fraction of sp³-hybridized carbons (Fsp3) is 0.350. The van der Waals surface area contributed by atoms with E-state index in [4.69, 9.17) is 0 Å². The van der Waals surface area contributed by atoms with Gasteiger partial charge in [-0.05, 0) is 43.0 Å². The van der Waals surface area contributed by atoms with Gasteiger partial charge in [-0.3, -0.25) is 9.20 Å². The maximum atomic E-state index is 12.7. The van der Waals surface area contributed by atoms with Crippen LogP contribution in [0.1, 0.15) is 42.4 Å². The Labute approximate surface area is 148 Å². The van der Waals surface area contributed by atoms with Gasteiger partial charge in [-0.2, -0.15) is 0 Å². The number of carbonyl (C=O) groups is 1. The number of hydrogen-bond acceptors (Lipinski definition) is 3. The average Bonchev–Trinajstić information content (AvgIpc) is 2.99. The van der Waals surface area contributed by atoms with Crippen molar-refractivity contribution in [1.82, 2.24) is 19.9 Å². The predicted octanol–water partition coefficient (Wildman–Crippen LogP) is 3.40. The van der Waals surface area contributed by atoms with Crippen LogP contribution in [0.25, 0.3) is 5.65 Å². The van der Waals surface area contributed by atoms with Gasteiger partial charge in [0.15, 0.2) is 11.5 Å². The lowest BCUT2D eigenvalue weighted by atomic mass is 10.0. The van der Waals surface area contributed by atoms with Crippen LogP contribution in [0.15, 0.2) is 42.6 Å². The minimum Gasteiger partial charge on any atom is -0.346 e. The van der Waals surface area contributed by atoms with Gasteiger partial charge in [-0.25, -0.2) is 0 Å². The number of aromatic nitrogens is 3. The average molecular weight is 336 g/mol. The third kappa shape index (κ3) is 3.71. The summed E-state index contributed by atoms with van der Waals surface area (Å²) in [5.74, 6) is 0.968. The van der Waals surface area contributed by atoms with E-state index in [0.29, 0.717) is 6.42 Å². The van der Waals surface area contributed by atoms with Gasteiger partial charge in [0, 0.05) is 6.20 Å². The highest BCUT2D eigenvalue weighted by Gasteiger charge is 2.23. The molecule has 1 atom stereocenters. The van der Waals surface area contributed by atoms with Gasteiger partial charge < -0.3 is 5.32 Å². The van der Waals surface area contributed by atoms with Crippen molar-refractivity contribution >= 4 is 11.6 Å². The molecule has 130 valence electrons. The Bertz CT molecular complexity index is 898. The molecule has 2 aromatic heterocycles. The van der Waals surface area contributed by atoms with Gasteiger partial charge in [-0.15, -0.1) is 10.2 Å². The van der Waals surface area contributed by atoms with Crippen molar-refractivity contribution < 1.29 is 4.79 Å². The van der Waals surface area contributed by atoms with E-state index < -0.39 is 0 Å². The van der Waals surface area contributed by atoms with Crippen LogP contribution in [0.3, 0.4) is 0 Å². The van der Waals surface area contributed by atoms with Gasteiger partial charge >= 0.3 is 0 Å². The minimum atomic E-state index is -0.185. The fourth-order valence-electron chi connectivity index (χ4n) is 2.99. The van der Waals surface area contributed by atoms with Crippen LogP contribution in [0.5, 0.6) is 0 Å². The number of benzene rings is 1. The third-order valence-electron chi connectivity index (χ3n) is 4.46. The summed E-state index contributed by atoms with van der Waals surface area (Å²) in [6.07, 6.45) is 2.30. The molecule has 0 fully saturated rings. The van der Waals surface area contributed by atoms with Crippen LogP contribution in [0.4, 0.5) is 0 Å². The van der Waals surface area contributed by atoms with Crippen molar-refractivity contribution in [3.8, 4) is 0 Å². The molecule has 0 aliphatic rings. The number of fused-ring (bicyclic) bond motifs is 1. The van der Waals surface area contributed by atoms with E-state index in [1.54, 1.807) is 0 Å². The molecule has 1 N–H and O–H groups in total. The Morgan fingerprint density at radius 2 is 1.96 bits per heavy atom. The lowest BCUT2D eigenvalue weighted by molar-refractivity contribution is -0.121. The van der Waals surface area contributed by atoms with E-state index >= 15 is 0 Å². The van der Waals surface area contributed by atoms with Crippen LogP contribution >= 0.6 is 0 Å². The summed E-state index contributed by atoms with van der Waals surface area (Å²) in [5.41, 5.74) is 4.14. The Morgan fingerprint density at radius 3 is 2.72 bits per heavy atom. The number of rotatable bonds is 5. The zero-order valence-electron chi connectivity index (χ0n) is 15.2. The van der Waals surface area contributed by atoms with Crippen molar-refractivity contribution in [1.29, 1.82) is 0 Å². The van der Waals surface area contributed by atoms with E-state index in [1.807, 2.05) is 42.6 Å². The van der Waals surface area contributed by atoms with Gasteiger partial charge in [0.2, 0.25) is 5.91 Å². The topological polar surface area (TPSA) is 59.3 Å². The second-order valence-electron chi connectivity index (χ2n) is 6.88. The molecule has 0 aliphatic carbocycles. The van der Waals surface area contributed by atoms with Crippen molar-refractivity contribution in [3.05, 3.63) is 65.1 Å². The highest BCUT2D eigenvalue weighted by Crippen LogP contribution is 2.21. The standard InChI is InChI=1S/C20H24N4O/c1-13(2)19(20-23-22-17-7-5-6-10-24(17)20)21-18(25)12-16-11-14(3)8-9-15(16)4/h5-11,13,19H,12H2,1-4H3,(H,21,25). The van der Waals surface area contributed by atoms with Crippen molar-refractivity contribution in [2.75, 3.05) is 0 Å². The fourth-order valence-corrected chi connectivity index (χ4v) is 2.99. The molecule has 0 spiro atoms. The lowest BCUT2D eigenvalue weighted by Gasteiger charge is -2.21. The Kier molecular flexibility index (Phi) is 4.83. The molecule has 2 heterocycles. The van der Waals surface area contributed by atoms with E-state index in [0.717, 1.165) is 28.2 Å². The van der Waals surface area contributed by atoms with E-state index in [1.165, 1.54) is 0 Å². The lowest BCUT2D eigenvalue weighted by Crippen LogP contribution is -2.34. The van der Waals surface area contributed by atoms with Crippen LogP contribution in [0.2, 0.25) is 0 Å². The Morgan fingerprint density at radius 1 is 1.16 bits per heavy atom. The number of nitrogens with one attached hydrogen (secondary N) is 1. The number of hydrogen-bond donors (Lipinski definition) is 1. The molecule has 0 aliphatic heterocycles. The molecule has 5 heteroatoms. The number of pyridine rings is 1. The maximum Gasteiger partial charge on any atom is 0.225 e. The molecular weight excluding hydrogens is 312 g/mol. The molecule has 0 radical (unpaired) electrons. The first kappa shape index (κ1) is 17.1. The number of amides is 1. The smallest absolute Gasteiger partial charge is 0.225 e. The molecule has 0 saturated carbocycles. The van der Waals surface area contributed by atoms with E-state index in [-0.39, 0.29) is 17.9 Å². The molecule has 1 unspecified atom stereocenters. The molecule has 0 bridgehead atoms.